The van der Waals surface area contributed by atoms with E-state index in [1.54, 1.807) is 0 Å². The quantitative estimate of drug-likeness (QED) is 0.777. The van der Waals surface area contributed by atoms with Crippen LogP contribution in [0.2, 0.25) is 0 Å². The molecule has 0 saturated heterocycles. The summed E-state index contributed by atoms with van der Waals surface area (Å²) in [6.45, 7) is 7.96. The fraction of sp³-hybridized carbons (Fsp3) is 0.533. The van der Waals surface area contributed by atoms with Gasteiger partial charge < -0.3 is 10.2 Å². The number of likely N-dealkylation sites (N-methyl/N-ethyl adjacent to an activating group) is 1. The fourth-order valence-corrected chi connectivity index (χ4v) is 2.40. The summed E-state index contributed by atoms with van der Waals surface area (Å²) < 4.78 is 1.04. The van der Waals surface area contributed by atoms with E-state index in [0.29, 0.717) is 12.6 Å². The molecule has 0 bridgehead atoms. The molecule has 106 valence electrons. The van der Waals surface area contributed by atoms with Crippen molar-refractivity contribution in [3.8, 4) is 0 Å². The van der Waals surface area contributed by atoms with Gasteiger partial charge in [-0.25, -0.2) is 0 Å². The Morgan fingerprint density at radius 1 is 1.47 bits per heavy atom. The van der Waals surface area contributed by atoms with Crippen LogP contribution in [0.15, 0.2) is 18.2 Å². The molecule has 1 N–H and O–H groups in total. The number of hydrogen-bond donors (Lipinski definition) is 1. The van der Waals surface area contributed by atoms with E-state index in [2.05, 4.69) is 53.7 Å². The van der Waals surface area contributed by atoms with E-state index in [9.17, 15) is 4.79 Å². The van der Waals surface area contributed by atoms with Crippen LogP contribution in [0.4, 0.5) is 0 Å². The lowest BCUT2D eigenvalue weighted by Gasteiger charge is -2.23. The van der Waals surface area contributed by atoms with E-state index in [4.69, 9.17) is 0 Å². The van der Waals surface area contributed by atoms with Crippen molar-refractivity contribution in [2.24, 2.45) is 0 Å². The Balaban J connectivity index is 2.50. The number of nitrogens with zero attached hydrogens (tertiary/aromatic N) is 1. The van der Waals surface area contributed by atoms with Crippen LogP contribution in [0.1, 0.15) is 36.2 Å². The van der Waals surface area contributed by atoms with Crippen LogP contribution in [0.25, 0.3) is 0 Å². The van der Waals surface area contributed by atoms with Gasteiger partial charge in [0, 0.05) is 22.7 Å². The molecule has 0 saturated carbocycles. The highest BCUT2D eigenvalue weighted by molar-refractivity contribution is 14.1. The van der Waals surface area contributed by atoms with Crippen molar-refractivity contribution in [2.75, 3.05) is 20.1 Å². The average molecular weight is 374 g/mol. The van der Waals surface area contributed by atoms with E-state index in [-0.39, 0.29) is 5.91 Å². The van der Waals surface area contributed by atoms with Gasteiger partial charge in [0.05, 0.1) is 5.56 Å². The van der Waals surface area contributed by atoms with Gasteiger partial charge in [0.1, 0.15) is 0 Å². The zero-order chi connectivity index (χ0) is 14.4. The fourth-order valence-electron chi connectivity index (χ4n) is 1.80. The average Bonchev–Trinajstić information content (AvgIpc) is 2.40. The highest BCUT2D eigenvalue weighted by Crippen LogP contribution is 2.16. The number of amides is 1. The summed E-state index contributed by atoms with van der Waals surface area (Å²) in [6.07, 6.45) is 1.13. The molecular formula is C15H23IN2O. The highest BCUT2D eigenvalue weighted by Gasteiger charge is 2.11. The van der Waals surface area contributed by atoms with E-state index in [0.717, 1.165) is 27.7 Å². The molecule has 19 heavy (non-hydrogen) atoms. The van der Waals surface area contributed by atoms with Crippen LogP contribution < -0.4 is 5.32 Å². The summed E-state index contributed by atoms with van der Waals surface area (Å²) in [4.78, 5) is 14.4. The van der Waals surface area contributed by atoms with Gasteiger partial charge in [0.25, 0.3) is 5.91 Å². The summed E-state index contributed by atoms with van der Waals surface area (Å²) in [6, 6.07) is 6.38. The Labute approximate surface area is 129 Å². The molecular weight excluding hydrogens is 351 g/mol. The third kappa shape index (κ3) is 4.76. The van der Waals surface area contributed by atoms with Crippen molar-refractivity contribution >= 4 is 28.5 Å². The number of carbonyl (C=O) groups is 1. The number of benzene rings is 1. The minimum absolute atomic E-state index is 0.0191. The molecule has 0 heterocycles. The molecule has 0 fully saturated rings. The van der Waals surface area contributed by atoms with Crippen molar-refractivity contribution < 1.29 is 4.79 Å². The predicted molar refractivity (Wildman–Crippen MR) is 88.6 cm³/mol. The maximum atomic E-state index is 12.1. The van der Waals surface area contributed by atoms with Gasteiger partial charge in [-0.2, -0.15) is 0 Å². The molecule has 0 radical (unpaired) electrons. The summed E-state index contributed by atoms with van der Waals surface area (Å²) in [5.41, 5.74) is 1.91. The lowest BCUT2D eigenvalue weighted by molar-refractivity contribution is 0.0946. The van der Waals surface area contributed by atoms with E-state index >= 15 is 0 Å². The van der Waals surface area contributed by atoms with E-state index in [1.807, 2.05) is 25.1 Å². The van der Waals surface area contributed by atoms with Crippen LogP contribution in [0.3, 0.4) is 0 Å². The molecule has 1 unspecified atom stereocenters. The molecule has 3 nitrogen and oxygen atoms in total. The molecule has 0 aliphatic rings. The maximum absolute atomic E-state index is 12.1. The Morgan fingerprint density at radius 3 is 2.79 bits per heavy atom. The third-order valence-electron chi connectivity index (χ3n) is 3.53. The molecule has 1 aromatic rings. The molecule has 1 atom stereocenters. The van der Waals surface area contributed by atoms with Gasteiger partial charge in [-0.3, -0.25) is 4.79 Å². The SMILES string of the molecule is CCC(C)N(C)CCNC(=O)c1cccc(C)c1I. The Kier molecular flexibility index (Phi) is 6.79. The highest BCUT2D eigenvalue weighted by atomic mass is 127. The summed E-state index contributed by atoms with van der Waals surface area (Å²) in [5, 5.41) is 2.99. The minimum Gasteiger partial charge on any atom is -0.351 e. The second-order valence-electron chi connectivity index (χ2n) is 4.93. The molecule has 1 amide bonds. The summed E-state index contributed by atoms with van der Waals surface area (Å²) in [5.74, 6) is 0.0191. The minimum atomic E-state index is 0.0191. The Morgan fingerprint density at radius 2 is 2.16 bits per heavy atom. The van der Waals surface area contributed by atoms with Crippen molar-refractivity contribution in [3.63, 3.8) is 0 Å². The maximum Gasteiger partial charge on any atom is 0.252 e. The number of nitrogens with one attached hydrogen (secondary N) is 1. The lowest BCUT2D eigenvalue weighted by atomic mass is 10.1. The molecule has 4 heteroatoms. The molecule has 0 aliphatic heterocycles. The van der Waals surface area contributed by atoms with Gasteiger partial charge in [-0.15, -0.1) is 0 Å². The second kappa shape index (κ2) is 7.85. The van der Waals surface area contributed by atoms with Crippen molar-refractivity contribution in [1.82, 2.24) is 10.2 Å². The topological polar surface area (TPSA) is 32.3 Å². The van der Waals surface area contributed by atoms with Crippen molar-refractivity contribution in [1.29, 1.82) is 0 Å². The molecule has 0 spiro atoms. The van der Waals surface area contributed by atoms with E-state index in [1.165, 1.54) is 0 Å². The van der Waals surface area contributed by atoms with Crippen molar-refractivity contribution in [2.45, 2.75) is 33.2 Å². The van der Waals surface area contributed by atoms with Crippen LogP contribution in [-0.2, 0) is 0 Å². The number of aryl methyl sites for hydroxylation is 1. The Bertz CT molecular complexity index is 434. The molecule has 0 aliphatic carbocycles. The first kappa shape index (κ1) is 16.4. The third-order valence-corrected chi connectivity index (χ3v) is 4.96. The van der Waals surface area contributed by atoms with Crippen LogP contribution in [0, 0.1) is 10.5 Å². The largest absolute Gasteiger partial charge is 0.351 e. The Hall–Kier alpha value is -0.620. The van der Waals surface area contributed by atoms with Gasteiger partial charge in [0.15, 0.2) is 0 Å². The van der Waals surface area contributed by atoms with Gasteiger partial charge >= 0.3 is 0 Å². The standard InChI is InChI=1S/C15H23IN2O/c1-5-12(3)18(4)10-9-17-15(19)13-8-6-7-11(2)14(13)16/h6-8,12H,5,9-10H2,1-4H3,(H,17,19). The van der Waals surface area contributed by atoms with Gasteiger partial charge in [-0.05, 0) is 61.5 Å². The molecule has 1 aromatic carbocycles. The van der Waals surface area contributed by atoms with Gasteiger partial charge in [0.2, 0.25) is 0 Å². The van der Waals surface area contributed by atoms with Crippen molar-refractivity contribution in [3.05, 3.63) is 32.9 Å². The number of hydrogen-bond acceptors (Lipinski definition) is 2. The first-order valence-corrected chi connectivity index (χ1v) is 7.78. The second-order valence-corrected chi connectivity index (χ2v) is 6.01. The first-order chi connectivity index (χ1) is 8.97. The predicted octanol–water partition coefficient (Wildman–Crippen LogP) is 3.06. The molecule has 0 aromatic heterocycles. The monoisotopic (exact) mass is 374 g/mol. The number of carbonyl (C=O) groups excluding carboxylic acids is 1. The first-order valence-electron chi connectivity index (χ1n) is 6.71. The van der Waals surface area contributed by atoms with Crippen LogP contribution in [0.5, 0.6) is 0 Å². The summed E-state index contributed by atoms with van der Waals surface area (Å²) >= 11 is 2.23. The number of halogens is 1. The van der Waals surface area contributed by atoms with Gasteiger partial charge in [-0.1, -0.05) is 19.1 Å². The van der Waals surface area contributed by atoms with Crippen LogP contribution in [-0.4, -0.2) is 37.0 Å². The smallest absolute Gasteiger partial charge is 0.252 e. The zero-order valence-electron chi connectivity index (χ0n) is 12.2. The van der Waals surface area contributed by atoms with E-state index < -0.39 is 0 Å². The number of rotatable bonds is 6. The summed E-state index contributed by atoms with van der Waals surface area (Å²) in [7, 11) is 2.09. The zero-order valence-corrected chi connectivity index (χ0v) is 14.3. The molecule has 1 rings (SSSR count). The normalized spacial score (nSPS) is 12.5. The lowest BCUT2D eigenvalue weighted by Crippen LogP contribution is -2.37. The van der Waals surface area contributed by atoms with Crippen LogP contribution >= 0.6 is 22.6 Å².